The lowest BCUT2D eigenvalue weighted by Gasteiger charge is -2.15. The quantitative estimate of drug-likeness (QED) is 0.880. The zero-order chi connectivity index (χ0) is 16.9. The number of fused-ring (bicyclic) bond motifs is 1. The van der Waals surface area contributed by atoms with Crippen LogP contribution in [0.1, 0.15) is 37.8 Å². The van der Waals surface area contributed by atoms with Gasteiger partial charge in [-0.3, -0.25) is 0 Å². The Kier molecular flexibility index (Phi) is 6.21. The Labute approximate surface area is 138 Å². The summed E-state index contributed by atoms with van der Waals surface area (Å²) in [4.78, 5) is 3.15. The van der Waals surface area contributed by atoms with Gasteiger partial charge in [-0.1, -0.05) is 19.9 Å². The molecule has 0 spiro atoms. The van der Waals surface area contributed by atoms with Crippen LogP contribution in [0, 0.1) is 0 Å². The van der Waals surface area contributed by atoms with Crippen molar-refractivity contribution in [3.8, 4) is 0 Å². The molecular formula is C17H26N2O3S. The van der Waals surface area contributed by atoms with Crippen LogP contribution < -0.4 is 0 Å². The first-order valence-corrected chi connectivity index (χ1v) is 9.88. The third kappa shape index (κ3) is 4.13. The Morgan fingerprint density at radius 2 is 1.91 bits per heavy atom. The van der Waals surface area contributed by atoms with E-state index < -0.39 is 10.0 Å². The second-order valence-corrected chi connectivity index (χ2v) is 7.50. The van der Waals surface area contributed by atoms with Crippen LogP contribution in [0.25, 0.3) is 10.9 Å². The molecule has 0 unspecified atom stereocenters. The minimum atomic E-state index is -3.22. The summed E-state index contributed by atoms with van der Waals surface area (Å²) in [6.07, 6.45) is 4.36. The molecule has 6 heteroatoms. The molecule has 1 aromatic heterocycles. The maximum atomic E-state index is 12.4. The van der Waals surface area contributed by atoms with Crippen molar-refractivity contribution in [3.63, 3.8) is 0 Å². The molecule has 2 heterocycles. The summed E-state index contributed by atoms with van der Waals surface area (Å²) >= 11 is 0. The first kappa shape index (κ1) is 18.0. The van der Waals surface area contributed by atoms with Gasteiger partial charge >= 0.3 is 0 Å². The first-order chi connectivity index (χ1) is 11.1. The van der Waals surface area contributed by atoms with Crippen molar-refractivity contribution in [3.05, 3.63) is 35.5 Å². The summed E-state index contributed by atoms with van der Waals surface area (Å²) in [5.74, 6) is 0.0483. The molecule has 0 amide bonds. The Morgan fingerprint density at radius 3 is 2.57 bits per heavy atom. The number of benzene rings is 1. The Bertz CT molecular complexity index is 731. The monoisotopic (exact) mass is 338 g/mol. The largest absolute Gasteiger partial charge is 0.396 e. The van der Waals surface area contributed by atoms with E-state index in [2.05, 4.69) is 4.98 Å². The van der Waals surface area contributed by atoms with Gasteiger partial charge in [0.1, 0.15) is 0 Å². The topological polar surface area (TPSA) is 73.4 Å². The highest BCUT2D eigenvalue weighted by Crippen LogP contribution is 2.23. The fourth-order valence-electron chi connectivity index (χ4n) is 2.91. The number of aromatic amines is 1. The van der Waals surface area contributed by atoms with Crippen LogP contribution >= 0.6 is 0 Å². The number of nitrogens with one attached hydrogen (secondary N) is 1. The van der Waals surface area contributed by atoms with Crippen LogP contribution in [0.2, 0.25) is 0 Å². The van der Waals surface area contributed by atoms with E-state index in [-0.39, 0.29) is 12.4 Å². The molecule has 3 rings (SSSR count). The number of H-pyrrole nitrogens is 1. The SMILES string of the molecule is CC.O=S(=O)(Cc1ccc2[nH]cc(CCO)c2c1)N1CCCC1. The lowest BCUT2D eigenvalue weighted by Crippen LogP contribution is -2.29. The number of aliphatic hydroxyl groups is 1. The molecule has 0 aliphatic carbocycles. The number of rotatable bonds is 5. The van der Waals surface area contributed by atoms with Crippen molar-refractivity contribution < 1.29 is 13.5 Å². The second kappa shape index (κ2) is 7.95. The molecule has 5 nitrogen and oxygen atoms in total. The molecule has 1 saturated heterocycles. The van der Waals surface area contributed by atoms with Crippen LogP contribution in [0.3, 0.4) is 0 Å². The van der Waals surface area contributed by atoms with E-state index in [1.807, 2.05) is 38.2 Å². The van der Waals surface area contributed by atoms with Gasteiger partial charge in [-0.25, -0.2) is 12.7 Å². The molecule has 2 N–H and O–H groups in total. The lowest BCUT2D eigenvalue weighted by atomic mass is 10.1. The van der Waals surface area contributed by atoms with E-state index in [4.69, 9.17) is 5.11 Å². The van der Waals surface area contributed by atoms with Gasteiger partial charge in [0.25, 0.3) is 0 Å². The average molecular weight is 338 g/mol. The summed E-state index contributed by atoms with van der Waals surface area (Å²) < 4.78 is 26.3. The first-order valence-electron chi connectivity index (χ1n) is 8.28. The maximum absolute atomic E-state index is 12.4. The number of nitrogens with zero attached hydrogens (tertiary/aromatic N) is 1. The van der Waals surface area contributed by atoms with Crippen molar-refractivity contribution in [1.82, 2.24) is 9.29 Å². The van der Waals surface area contributed by atoms with Gasteiger partial charge in [-0.15, -0.1) is 0 Å². The third-order valence-electron chi connectivity index (χ3n) is 4.02. The zero-order valence-electron chi connectivity index (χ0n) is 13.9. The van der Waals surface area contributed by atoms with Gasteiger partial charge in [-0.05, 0) is 42.5 Å². The minimum Gasteiger partial charge on any atom is -0.396 e. The number of hydrogen-bond donors (Lipinski definition) is 2. The van der Waals surface area contributed by atoms with Crippen molar-refractivity contribution in [2.45, 2.75) is 38.9 Å². The van der Waals surface area contributed by atoms with Crippen molar-refractivity contribution in [2.24, 2.45) is 0 Å². The smallest absolute Gasteiger partial charge is 0.218 e. The third-order valence-corrected chi connectivity index (χ3v) is 5.87. The molecule has 128 valence electrons. The number of sulfonamides is 1. The van der Waals surface area contributed by atoms with Gasteiger partial charge < -0.3 is 10.1 Å². The molecule has 0 radical (unpaired) electrons. The molecule has 1 aromatic carbocycles. The highest BCUT2D eigenvalue weighted by molar-refractivity contribution is 7.88. The summed E-state index contributed by atoms with van der Waals surface area (Å²) in [7, 11) is -3.22. The van der Waals surface area contributed by atoms with Gasteiger partial charge in [0.2, 0.25) is 10.0 Å². The molecule has 0 saturated carbocycles. The summed E-state index contributed by atoms with van der Waals surface area (Å²) in [5.41, 5.74) is 2.79. The summed E-state index contributed by atoms with van der Waals surface area (Å²) in [5, 5.41) is 10.1. The predicted molar refractivity (Wildman–Crippen MR) is 93.9 cm³/mol. The summed E-state index contributed by atoms with van der Waals surface area (Å²) in [6, 6.07) is 5.69. The highest BCUT2D eigenvalue weighted by Gasteiger charge is 2.25. The van der Waals surface area contributed by atoms with E-state index in [0.717, 1.165) is 34.9 Å². The number of hydrogen-bond acceptors (Lipinski definition) is 3. The van der Waals surface area contributed by atoms with E-state index in [9.17, 15) is 8.42 Å². The van der Waals surface area contributed by atoms with Crippen LogP contribution in [0.15, 0.2) is 24.4 Å². The van der Waals surface area contributed by atoms with Gasteiger partial charge in [-0.2, -0.15) is 0 Å². The maximum Gasteiger partial charge on any atom is 0.218 e. The van der Waals surface area contributed by atoms with E-state index in [1.165, 1.54) is 0 Å². The lowest BCUT2D eigenvalue weighted by molar-refractivity contribution is 0.300. The normalized spacial score (nSPS) is 15.6. The van der Waals surface area contributed by atoms with Crippen LogP contribution in [-0.4, -0.2) is 42.5 Å². The molecule has 1 fully saturated rings. The molecule has 0 atom stereocenters. The Hall–Kier alpha value is -1.37. The van der Waals surface area contributed by atoms with E-state index >= 15 is 0 Å². The molecule has 23 heavy (non-hydrogen) atoms. The van der Waals surface area contributed by atoms with E-state index in [1.54, 1.807) is 4.31 Å². The number of aliphatic hydroxyl groups excluding tert-OH is 1. The van der Waals surface area contributed by atoms with Crippen LogP contribution in [0.5, 0.6) is 0 Å². The zero-order valence-corrected chi connectivity index (χ0v) is 14.7. The Balaban J connectivity index is 0.000000924. The van der Waals surface area contributed by atoms with Crippen molar-refractivity contribution >= 4 is 20.9 Å². The molecule has 1 aliphatic rings. The Morgan fingerprint density at radius 1 is 1.22 bits per heavy atom. The fraction of sp³-hybridized carbons (Fsp3) is 0.529. The average Bonchev–Trinajstić information content (AvgIpc) is 3.20. The standard InChI is InChI=1S/C15H20N2O3S.C2H6/c18-8-5-13-10-16-15-4-3-12(9-14(13)15)11-21(19,20)17-6-1-2-7-17;1-2/h3-4,9-10,16,18H,1-2,5-8,11H2;1-2H3. The van der Waals surface area contributed by atoms with E-state index in [0.29, 0.717) is 19.5 Å². The van der Waals surface area contributed by atoms with Crippen LogP contribution in [0.4, 0.5) is 0 Å². The highest BCUT2D eigenvalue weighted by atomic mass is 32.2. The van der Waals surface area contributed by atoms with Gasteiger partial charge in [0, 0.05) is 36.8 Å². The van der Waals surface area contributed by atoms with Crippen molar-refractivity contribution in [1.29, 1.82) is 0 Å². The van der Waals surface area contributed by atoms with Crippen LogP contribution in [-0.2, 0) is 22.2 Å². The second-order valence-electron chi connectivity index (χ2n) is 5.53. The summed E-state index contributed by atoms with van der Waals surface area (Å²) in [6.45, 7) is 5.37. The minimum absolute atomic E-state index is 0.0483. The molecular weight excluding hydrogens is 312 g/mol. The molecule has 2 aromatic rings. The van der Waals surface area contributed by atoms with Crippen molar-refractivity contribution in [2.75, 3.05) is 19.7 Å². The fourth-order valence-corrected chi connectivity index (χ4v) is 4.51. The number of aromatic nitrogens is 1. The predicted octanol–water partition coefficient (Wildman–Crippen LogP) is 2.65. The molecule has 0 bridgehead atoms. The molecule has 1 aliphatic heterocycles. The van der Waals surface area contributed by atoms with Gasteiger partial charge in [0.15, 0.2) is 0 Å². The van der Waals surface area contributed by atoms with Gasteiger partial charge in [0.05, 0.1) is 5.75 Å².